The third-order valence-corrected chi connectivity index (χ3v) is 4.57. The average molecular weight is 319 g/mol. The summed E-state index contributed by atoms with van der Waals surface area (Å²) in [7, 11) is 0. The molecule has 1 N–H and O–H groups in total. The first-order valence-electron chi connectivity index (χ1n) is 8.24. The fraction of sp³-hybridized carbons (Fsp3) is 0.529. The molecule has 23 heavy (non-hydrogen) atoms. The summed E-state index contributed by atoms with van der Waals surface area (Å²) in [6.45, 7) is 2.07. The zero-order valence-electron chi connectivity index (χ0n) is 13.1. The molecule has 0 radical (unpaired) electrons. The van der Waals surface area contributed by atoms with E-state index in [2.05, 4.69) is 5.32 Å². The number of nitrogens with one attached hydrogen (secondary N) is 1. The molecule has 1 atom stereocenters. The first kappa shape index (κ1) is 15.8. The summed E-state index contributed by atoms with van der Waals surface area (Å²) in [4.78, 5) is 28.0. The SMILES string of the molecule is O=C1CCCN1C[C@H]1CCCCN1C(=O)Nc1cccc(F)c1. The number of halogens is 1. The van der Waals surface area contributed by atoms with Crippen molar-refractivity contribution in [2.45, 2.75) is 38.1 Å². The van der Waals surface area contributed by atoms with Gasteiger partial charge in [-0.1, -0.05) is 6.07 Å². The van der Waals surface area contributed by atoms with E-state index in [1.165, 1.54) is 12.1 Å². The van der Waals surface area contributed by atoms with Gasteiger partial charge in [0.1, 0.15) is 5.82 Å². The predicted molar refractivity (Wildman–Crippen MR) is 85.6 cm³/mol. The summed E-state index contributed by atoms with van der Waals surface area (Å²) in [5.41, 5.74) is 0.455. The van der Waals surface area contributed by atoms with Crippen LogP contribution in [0.5, 0.6) is 0 Å². The average Bonchev–Trinajstić information content (AvgIpc) is 2.93. The van der Waals surface area contributed by atoms with Gasteiger partial charge in [-0.15, -0.1) is 0 Å². The molecule has 2 saturated heterocycles. The molecule has 0 unspecified atom stereocenters. The Morgan fingerprint density at radius 3 is 2.87 bits per heavy atom. The Hall–Kier alpha value is -2.11. The molecule has 0 saturated carbocycles. The van der Waals surface area contributed by atoms with Crippen LogP contribution in [-0.2, 0) is 4.79 Å². The smallest absolute Gasteiger partial charge is 0.322 e. The molecular weight excluding hydrogens is 297 g/mol. The van der Waals surface area contributed by atoms with E-state index in [1.807, 2.05) is 4.90 Å². The van der Waals surface area contributed by atoms with Gasteiger partial charge in [0.05, 0.1) is 6.04 Å². The molecule has 1 aromatic rings. The highest BCUT2D eigenvalue weighted by molar-refractivity contribution is 5.89. The molecule has 0 bridgehead atoms. The standard InChI is InChI=1S/C17H22FN3O2/c18-13-5-3-6-14(11-13)19-17(23)21-10-2-1-7-15(21)12-20-9-4-8-16(20)22/h3,5-6,11,15H,1-2,4,7-10,12H2,(H,19,23)/t15-/m1/s1. The highest BCUT2D eigenvalue weighted by Crippen LogP contribution is 2.22. The van der Waals surface area contributed by atoms with Gasteiger partial charge in [-0.25, -0.2) is 9.18 Å². The Labute approximate surface area is 135 Å². The monoisotopic (exact) mass is 319 g/mol. The predicted octanol–water partition coefficient (Wildman–Crippen LogP) is 2.83. The third-order valence-electron chi connectivity index (χ3n) is 4.57. The van der Waals surface area contributed by atoms with Crippen molar-refractivity contribution in [1.82, 2.24) is 9.80 Å². The van der Waals surface area contributed by atoms with E-state index in [0.717, 1.165) is 32.2 Å². The Kier molecular flexibility index (Phi) is 4.79. The first-order chi connectivity index (χ1) is 11.1. The molecule has 3 amide bonds. The van der Waals surface area contributed by atoms with Gasteiger partial charge >= 0.3 is 6.03 Å². The highest BCUT2D eigenvalue weighted by atomic mass is 19.1. The second-order valence-corrected chi connectivity index (χ2v) is 6.23. The van der Waals surface area contributed by atoms with Crippen molar-refractivity contribution < 1.29 is 14.0 Å². The molecule has 5 nitrogen and oxygen atoms in total. The molecule has 0 aliphatic carbocycles. The van der Waals surface area contributed by atoms with Crippen molar-refractivity contribution in [2.75, 3.05) is 25.0 Å². The molecule has 1 aromatic carbocycles. The summed E-state index contributed by atoms with van der Waals surface area (Å²) in [6.07, 6.45) is 4.45. The van der Waals surface area contributed by atoms with Crippen LogP contribution in [0.15, 0.2) is 24.3 Å². The van der Waals surface area contributed by atoms with E-state index in [9.17, 15) is 14.0 Å². The van der Waals surface area contributed by atoms with Crippen LogP contribution in [0.25, 0.3) is 0 Å². The summed E-state index contributed by atoms with van der Waals surface area (Å²) in [6, 6.07) is 5.72. The van der Waals surface area contributed by atoms with E-state index >= 15 is 0 Å². The number of anilines is 1. The van der Waals surface area contributed by atoms with E-state index in [-0.39, 0.29) is 23.8 Å². The minimum atomic E-state index is -0.374. The van der Waals surface area contributed by atoms with Crippen LogP contribution in [0, 0.1) is 5.82 Å². The number of likely N-dealkylation sites (tertiary alicyclic amines) is 2. The lowest BCUT2D eigenvalue weighted by Crippen LogP contribution is -2.51. The second-order valence-electron chi connectivity index (χ2n) is 6.23. The van der Waals surface area contributed by atoms with Gasteiger partial charge in [0.2, 0.25) is 5.91 Å². The maximum absolute atomic E-state index is 13.2. The lowest BCUT2D eigenvalue weighted by molar-refractivity contribution is -0.128. The minimum absolute atomic E-state index is 0.0411. The Bertz CT molecular complexity index is 593. The number of benzene rings is 1. The lowest BCUT2D eigenvalue weighted by atomic mass is 10.0. The first-order valence-corrected chi connectivity index (χ1v) is 8.24. The van der Waals surface area contributed by atoms with Gasteiger partial charge in [-0.2, -0.15) is 0 Å². The van der Waals surface area contributed by atoms with Gasteiger partial charge in [0, 0.05) is 31.7 Å². The molecule has 124 valence electrons. The molecule has 2 aliphatic heterocycles. The van der Waals surface area contributed by atoms with Crippen molar-refractivity contribution in [3.05, 3.63) is 30.1 Å². The number of nitrogens with zero attached hydrogens (tertiary/aromatic N) is 2. The number of hydrogen-bond acceptors (Lipinski definition) is 2. The van der Waals surface area contributed by atoms with E-state index in [4.69, 9.17) is 0 Å². The number of hydrogen-bond donors (Lipinski definition) is 1. The van der Waals surface area contributed by atoms with Crippen LogP contribution < -0.4 is 5.32 Å². The maximum Gasteiger partial charge on any atom is 0.322 e. The topological polar surface area (TPSA) is 52.7 Å². The highest BCUT2D eigenvalue weighted by Gasteiger charge is 2.31. The van der Waals surface area contributed by atoms with Crippen LogP contribution in [0.2, 0.25) is 0 Å². The van der Waals surface area contributed by atoms with Crippen molar-refractivity contribution in [1.29, 1.82) is 0 Å². The number of carbonyl (C=O) groups is 2. The van der Waals surface area contributed by atoms with Crippen LogP contribution >= 0.6 is 0 Å². The van der Waals surface area contributed by atoms with E-state index in [1.54, 1.807) is 17.0 Å². The van der Waals surface area contributed by atoms with Gasteiger partial charge in [-0.05, 0) is 43.9 Å². The Balaban J connectivity index is 1.65. The molecular formula is C17H22FN3O2. The summed E-state index contributed by atoms with van der Waals surface area (Å²) >= 11 is 0. The fourth-order valence-electron chi connectivity index (χ4n) is 3.37. The normalized spacial score (nSPS) is 21.6. The van der Waals surface area contributed by atoms with Crippen LogP contribution in [0.4, 0.5) is 14.9 Å². The number of carbonyl (C=O) groups excluding carboxylic acids is 2. The van der Waals surface area contributed by atoms with Gasteiger partial charge in [-0.3, -0.25) is 4.79 Å². The van der Waals surface area contributed by atoms with Crippen LogP contribution in [0.1, 0.15) is 32.1 Å². The molecule has 2 heterocycles. The number of rotatable bonds is 3. The Morgan fingerprint density at radius 1 is 1.26 bits per heavy atom. The molecule has 2 fully saturated rings. The van der Waals surface area contributed by atoms with Gasteiger partial charge in [0.15, 0.2) is 0 Å². The zero-order valence-corrected chi connectivity index (χ0v) is 13.1. The maximum atomic E-state index is 13.2. The molecule has 0 aromatic heterocycles. The quantitative estimate of drug-likeness (QED) is 0.931. The second kappa shape index (κ2) is 6.98. The summed E-state index contributed by atoms with van der Waals surface area (Å²) in [5.74, 6) is -0.193. The van der Waals surface area contributed by atoms with E-state index < -0.39 is 0 Å². The van der Waals surface area contributed by atoms with Gasteiger partial charge < -0.3 is 15.1 Å². The van der Waals surface area contributed by atoms with Crippen molar-refractivity contribution in [3.8, 4) is 0 Å². The summed E-state index contributed by atoms with van der Waals surface area (Å²) in [5, 5.41) is 2.76. The van der Waals surface area contributed by atoms with Crippen LogP contribution in [-0.4, -0.2) is 47.4 Å². The zero-order chi connectivity index (χ0) is 16.2. The molecule has 6 heteroatoms. The van der Waals surface area contributed by atoms with Crippen molar-refractivity contribution in [2.24, 2.45) is 0 Å². The lowest BCUT2D eigenvalue weighted by Gasteiger charge is -2.37. The van der Waals surface area contributed by atoms with Crippen molar-refractivity contribution in [3.63, 3.8) is 0 Å². The van der Waals surface area contributed by atoms with Gasteiger partial charge in [0.25, 0.3) is 0 Å². The third kappa shape index (κ3) is 3.81. The van der Waals surface area contributed by atoms with E-state index in [0.29, 0.717) is 25.2 Å². The number of amides is 3. The largest absolute Gasteiger partial charge is 0.341 e. The fourth-order valence-corrected chi connectivity index (χ4v) is 3.37. The number of urea groups is 1. The molecule has 2 aliphatic rings. The summed E-state index contributed by atoms with van der Waals surface area (Å²) < 4.78 is 13.2. The number of piperidine rings is 1. The Morgan fingerprint density at radius 2 is 2.13 bits per heavy atom. The van der Waals surface area contributed by atoms with Crippen molar-refractivity contribution >= 4 is 17.6 Å². The minimum Gasteiger partial charge on any atom is -0.341 e. The van der Waals surface area contributed by atoms with Crippen LogP contribution in [0.3, 0.4) is 0 Å². The molecule has 3 rings (SSSR count). The molecule has 0 spiro atoms.